The van der Waals surface area contributed by atoms with Crippen LogP contribution in [0.25, 0.3) is 0 Å². The number of nitrogens with zero attached hydrogens (tertiary/aromatic N) is 2. The maximum absolute atomic E-state index is 14.0. The largest absolute Gasteiger partial charge is 0.355 e. The summed E-state index contributed by atoms with van der Waals surface area (Å²) in [6.45, 7) is 5.59. The molecule has 1 atom stereocenters. The molecule has 9 heteroatoms. The Morgan fingerprint density at radius 1 is 0.947 bits per heavy atom. The van der Waals surface area contributed by atoms with Gasteiger partial charge in [-0.2, -0.15) is 0 Å². The van der Waals surface area contributed by atoms with Crippen molar-refractivity contribution in [3.8, 4) is 0 Å². The van der Waals surface area contributed by atoms with Crippen molar-refractivity contribution in [3.63, 3.8) is 0 Å². The number of aryl methyl sites for hydroxylation is 2. The number of hydrogen-bond donors (Lipinski definition) is 1. The molecular formula is C29H34ClN3O4S. The first-order valence-corrected chi connectivity index (χ1v) is 14.6. The zero-order valence-electron chi connectivity index (χ0n) is 22.1. The number of carbonyl (C=O) groups excluding carboxylic acids is 2. The average molecular weight is 556 g/mol. The molecule has 0 saturated heterocycles. The molecule has 0 bridgehead atoms. The SMILES string of the molecule is CCNC(=O)[C@@H](Cc1ccccc1)N(Cc1ccccc1Cl)C(=O)CN(c1ccc(C)c(C)c1)S(C)(=O)=O. The summed E-state index contributed by atoms with van der Waals surface area (Å²) in [4.78, 5) is 28.7. The van der Waals surface area contributed by atoms with Gasteiger partial charge in [-0.15, -0.1) is 0 Å². The van der Waals surface area contributed by atoms with Crippen LogP contribution >= 0.6 is 11.6 Å². The number of anilines is 1. The molecule has 202 valence electrons. The molecular weight excluding hydrogens is 522 g/mol. The number of amides is 2. The van der Waals surface area contributed by atoms with Crippen LogP contribution in [-0.2, 0) is 32.6 Å². The van der Waals surface area contributed by atoms with Crippen molar-refractivity contribution < 1.29 is 18.0 Å². The number of nitrogens with one attached hydrogen (secondary N) is 1. The predicted molar refractivity (Wildman–Crippen MR) is 153 cm³/mol. The van der Waals surface area contributed by atoms with Crippen molar-refractivity contribution in [1.29, 1.82) is 0 Å². The first kappa shape index (κ1) is 29.2. The molecule has 0 aliphatic rings. The van der Waals surface area contributed by atoms with E-state index in [1.54, 1.807) is 36.4 Å². The first-order valence-electron chi connectivity index (χ1n) is 12.4. The summed E-state index contributed by atoms with van der Waals surface area (Å²) in [6.07, 6.45) is 1.32. The van der Waals surface area contributed by atoms with E-state index in [0.717, 1.165) is 27.3 Å². The van der Waals surface area contributed by atoms with Crippen LogP contribution in [0.1, 0.15) is 29.2 Å². The molecule has 0 aromatic heterocycles. The van der Waals surface area contributed by atoms with Gasteiger partial charge in [-0.25, -0.2) is 8.42 Å². The van der Waals surface area contributed by atoms with Gasteiger partial charge in [0.15, 0.2) is 0 Å². The van der Waals surface area contributed by atoms with Crippen molar-refractivity contribution in [2.24, 2.45) is 0 Å². The fourth-order valence-electron chi connectivity index (χ4n) is 4.15. The molecule has 38 heavy (non-hydrogen) atoms. The number of benzene rings is 3. The molecule has 0 unspecified atom stereocenters. The molecule has 0 heterocycles. The Kier molecular flexibility index (Phi) is 9.94. The number of halogens is 1. The van der Waals surface area contributed by atoms with Crippen molar-refractivity contribution in [2.45, 2.75) is 39.8 Å². The third-order valence-corrected chi connectivity index (χ3v) is 7.89. The van der Waals surface area contributed by atoms with Crippen molar-refractivity contribution in [3.05, 3.63) is 100 Å². The number of rotatable bonds is 11. The van der Waals surface area contributed by atoms with Gasteiger partial charge in [0.05, 0.1) is 11.9 Å². The Morgan fingerprint density at radius 2 is 1.61 bits per heavy atom. The normalized spacial score (nSPS) is 12.0. The predicted octanol–water partition coefficient (Wildman–Crippen LogP) is 4.50. The van der Waals surface area contributed by atoms with Gasteiger partial charge >= 0.3 is 0 Å². The van der Waals surface area contributed by atoms with Gasteiger partial charge in [-0.3, -0.25) is 13.9 Å². The summed E-state index contributed by atoms with van der Waals surface area (Å²) < 4.78 is 26.8. The third kappa shape index (κ3) is 7.58. The molecule has 3 aromatic rings. The molecule has 0 fully saturated rings. The summed E-state index contributed by atoms with van der Waals surface area (Å²) in [7, 11) is -3.81. The number of hydrogen-bond acceptors (Lipinski definition) is 4. The molecule has 3 rings (SSSR count). The second kappa shape index (κ2) is 12.9. The van der Waals surface area contributed by atoms with Crippen molar-refractivity contribution in [1.82, 2.24) is 10.2 Å². The highest BCUT2D eigenvalue weighted by Crippen LogP contribution is 2.24. The first-order chi connectivity index (χ1) is 18.0. The summed E-state index contributed by atoms with van der Waals surface area (Å²) in [5, 5.41) is 3.29. The smallest absolute Gasteiger partial charge is 0.244 e. The van der Waals surface area contributed by atoms with Gasteiger partial charge in [-0.1, -0.05) is 66.2 Å². The second-order valence-corrected chi connectivity index (χ2v) is 11.6. The molecule has 0 aliphatic heterocycles. The minimum absolute atomic E-state index is 0.0394. The summed E-state index contributed by atoms with van der Waals surface area (Å²) in [5.41, 5.74) is 3.82. The van der Waals surface area contributed by atoms with Crippen LogP contribution in [0.3, 0.4) is 0 Å². The third-order valence-electron chi connectivity index (χ3n) is 6.38. The fraction of sp³-hybridized carbons (Fsp3) is 0.310. The Bertz CT molecular complexity index is 1380. The van der Waals surface area contributed by atoms with E-state index in [-0.39, 0.29) is 18.9 Å². The van der Waals surface area contributed by atoms with Crippen LogP contribution in [0.5, 0.6) is 0 Å². The maximum Gasteiger partial charge on any atom is 0.244 e. The van der Waals surface area contributed by atoms with E-state index in [0.29, 0.717) is 22.8 Å². The molecule has 7 nitrogen and oxygen atoms in total. The topological polar surface area (TPSA) is 86.8 Å². The van der Waals surface area contributed by atoms with Crippen LogP contribution in [0.2, 0.25) is 5.02 Å². The quantitative estimate of drug-likeness (QED) is 0.377. The summed E-state index contributed by atoms with van der Waals surface area (Å²) in [6, 6.07) is 20.9. The summed E-state index contributed by atoms with van der Waals surface area (Å²) >= 11 is 6.44. The lowest BCUT2D eigenvalue weighted by molar-refractivity contribution is -0.140. The van der Waals surface area contributed by atoms with E-state index in [4.69, 9.17) is 11.6 Å². The Balaban J connectivity index is 2.06. The number of sulfonamides is 1. The van der Waals surface area contributed by atoms with E-state index in [1.807, 2.05) is 57.2 Å². The molecule has 1 N–H and O–H groups in total. The second-order valence-electron chi connectivity index (χ2n) is 9.25. The van der Waals surface area contributed by atoms with E-state index < -0.39 is 28.5 Å². The van der Waals surface area contributed by atoms with E-state index in [1.165, 1.54) is 4.90 Å². The molecule has 0 radical (unpaired) electrons. The molecule has 0 aliphatic carbocycles. The number of carbonyl (C=O) groups is 2. The lowest BCUT2D eigenvalue weighted by Crippen LogP contribution is -2.53. The fourth-order valence-corrected chi connectivity index (χ4v) is 5.19. The zero-order valence-corrected chi connectivity index (χ0v) is 23.7. The van der Waals surface area contributed by atoms with Crippen LogP contribution < -0.4 is 9.62 Å². The van der Waals surface area contributed by atoms with Gasteiger partial charge in [0.25, 0.3) is 0 Å². The monoisotopic (exact) mass is 555 g/mol. The van der Waals surface area contributed by atoms with Crippen LogP contribution in [0.15, 0.2) is 72.8 Å². The average Bonchev–Trinajstić information content (AvgIpc) is 2.87. The molecule has 0 spiro atoms. The van der Waals surface area contributed by atoms with Gasteiger partial charge < -0.3 is 10.2 Å². The minimum Gasteiger partial charge on any atom is -0.355 e. The van der Waals surface area contributed by atoms with Crippen molar-refractivity contribution >= 4 is 39.1 Å². The van der Waals surface area contributed by atoms with E-state index in [2.05, 4.69) is 5.32 Å². The highest BCUT2D eigenvalue weighted by molar-refractivity contribution is 7.92. The lowest BCUT2D eigenvalue weighted by Gasteiger charge is -2.33. The Hall–Kier alpha value is -3.36. The molecule has 2 amide bonds. The van der Waals surface area contributed by atoms with Crippen molar-refractivity contribution in [2.75, 3.05) is 23.7 Å². The number of likely N-dealkylation sites (N-methyl/N-ethyl adjacent to an activating group) is 1. The molecule has 3 aromatic carbocycles. The molecule has 0 saturated carbocycles. The maximum atomic E-state index is 14.0. The Labute approximate surface area is 230 Å². The minimum atomic E-state index is -3.81. The van der Waals surface area contributed by atoms with Crippen LogP contribution in [0, 0.1) is 13.8 Å². The van der Waals surface area contributed by atoms with Crippen LogP contribution in [-0.4, -0.2) is 50.5 Å². The zero-order chi connectivity index (χ0) is 27.9. The summed E-state index contributed by atoms with van der Waals surface area (Å²) in [5.74, 6) is -0.838. The van der Waals surface area contributed by atoms with Gasteiger partial charge in [0.2, 0.25) is 21.8 Å². The highest BCUT2D eigenvalue weighted by Gasteiger charge is 2.33. The van der Waals surface area contributed by atoms with Gasteiger partial charge in [0, 0.05) is 24.5 Å². The van der Waals surface area contributed by atoms with E-state index >= 15 is 0 Å². The Morgan fingerprint density at radius 3 is 2.21 bits per heavy atom. The van der Waals surface area contributed by atoms with Gasteiger partial charge in [-0.05, 0) is 61.2 Å². The van der Waals surface area contributed by atoms with Gasteiger partial charge in [0.1, 0.15) is 12.6 Å². The van der Waals surface area contributed by atoms with Crippen LogP contribution in [0.4, 0.5) is 5.69 Å². The highest BCUT2D eigenvalue weighted by atomic mass is 35.5. The lowest BCUT2D eigenvalue weighted by atomic mass is 10.0. The standard InChI is InChI=1S/C29H34ClN3O4S/c1-5-31-29(35)27(18-23-11-7-6-8-12-23)32(19-24-13-9-10-14-26(24)30)28(34)20-33(38(4,36)37)25-16-15-21(2)22(3)17-25/h6-17,27H,5,18-20H2,1-4H3,(H,31,35)/t27-/m1/s1. The van der Waals surface area contributed by atoms with E-state index in [9.17, 15) is 18.0 Å².